The predicted octanol–water partition coefficient (Wildman–Crippen LogP) is -0.106. The topological polar surface area (TPSA) is 69.6 Å². The molecular weight excluding hydrogens is 170 g/mol. The maximum Gasteiger partial charge on any atom is 0.225 e. The summed E-state index contributed by atoms with van der Waals surface area (Å²) >= 11 is 0. The number of aliphatic hydroxyl groups excluding tert-OH is 2. The average molecular weight is 189 g/mol. The van der Waals surface area contributed by atoms with Crippen LogP contribution in [0.5, 0.6) is 0 Å². The van der Waals surface area contributed by atoms with Gasteiger partial charge in [0.2, 0.25) is 5.91 Å². The number of carbonyl (C=O) groups excluding carboxylic acids is 1. The fourth-order valence-corrected chi connectivity index (χ4v) is 0.913. The van der Waals surface area contributed by atoms with Crippen LogP contribution in [0.15, 0.2) is 0 Å². The molecule has 1 amide bonds. The van der Waals surface area contributed by atoms with Crippen LogP contribution in [-0.4, -0.2) is 35.9 Å². The molecule has 0 aliphatic rings. The highest BCUT2D eigenvalue weighted by atomic mass is 16.3. The molecular formula is C9H19NO3. The highest BCUT2D eigenvalue weighted by Crippen LogP contribution is 2.19. The summed E-state index contributed by atoms with van der Waals surface area (Å²) in [5.41, 5.74) is -0.524. The molecule has 0 aromatic rings. The van der Waals surface area contributed by atoms with E-state index in [1.54, 1.807) is 13.8 Å². The first-order chi connectivity index (χ1) is 6.04. The van der Waals surface area contributed by atoms with E-state index >= 15 is 0 Å². The highest BCUT2D eigenvalue weighted by molar-refractivity contribution is 5.81. The van der Waals surface area contributed by atoms with Crippen molar-refractivity contribution < 1.29 is 15.0 Å². The molecule has 0 fully saturated rings. The molecule has 0 aromatic carbocycles. The van der Waals surface area contributed by atoms with Crippen LogP contribution in [0.2, 0.25) is 0 Å². The maximum atomic E-state index is 11.4. The lowest BCUT2D eigenvalue weighted by molar-refractivity contribution is -0.130. The highest BCUT2D eigenvalue weighted by Gasteiger charge is 2.26. The van der Waals surface area contributed by atoms with Gasteiger partial charge in [-0.3, -0.25) is 4.79 Å². The van der Waals surface area contributed by atoms with Gasteiger partial charge in [0, 0.05) is 25.2 Å². The van der Waals surface area contributed by atoms with E-state index in [1.807, 2.05) is 0 Å². The van der Waals surface area contributed by atoms with E-state index in [9.17, 15) is 4.79 Å². The second-order valence-corrected chi connectivity index (χ2v) is 3.69. The van der Waals surface area contributed by atoms with Crippen molar-refractivity contribution >= 4 is 5.91 Å². The minimum absolute atomic E-state index is 0.0143. The van der Waals surface area contributed by atoms with E-state index in [-0.39, 0.29) is 19.1 Å². The van der Waals surface area contributed by atoms with E-state index in [2.05, 4.69) is 5.32 Å². The van der Waals surface area contributed by atoms with Crippen LogP contribution in [-0.2, 0) is 4.79 Å². The third-order valence-corrected chi connectivity index (χ3v) is 1.97. The van der Waals surface area contributed by atoms with Crippen LogP contribution in [0.3, 0.4) is 0 Å². The van der Waals surface area contributed by atoms with Gasteiger partial charge in [0.25, 0.3) is 0 Å². The molecule has 0 aromatic heterocycles. The fourth-order valence-electron chi connectivity index (χ4n) is 0.913. The van der Waals surface area contributed by atoms with Gasteiger partial charge in [0.05, 0.1) is 0 Å². The SMILES string of the molecule is CC(C)(CCO)C(=O)NCCCO. The Hall–Kier alpha value is -0.610. The first-order valence-electron chi connectivity index (χ1n) is 4.54. The first kappa shape index (κ1) is 12.4. The number of amides is 1. The lowest BCUT2D eigenvalue weighted by atomic mass is 9.89. The van der Waals surface area contributed by atoms with E-state index < -0.39 is 5.41 Å². The predicted molar refractivity (Wildman–Crippen MR) is 50.2 cm³/mol. The lowest BCUT2D eigenvalue weighted by Crippen LogP contribution is -2.38. The molecule has 0 saturated carbocycles. The van der Waals surface area contributed by atoms with E-state index in [0.717, 1.165) is 0 Å². The van der Waals surface area contributed by atoms with Gasteiger partial charge in [-0.15, -0.1) is 0 Å². The molecule has 0 atom stereocenters. The fraction of sp³-hybridized carbons (Fsp3) is 0.889. The number of carbonyl (C=O) groups is 1. The Morgan fingerprint density at radius 1 is 1.31 bits per heavy atom. The Kier molecular flexibility index (Phi) is 5.66. The Morgan fingerprint density at radius 2 is 1.92 bits per heavy atom. The zero-order valence-electron chi connectivity index (χ0n) is 8.34. The molecule has 0 spiro atoms. The Bertz CT molecular complexity index is 157. The van der Waals surface area contributed by atoms with Crippen molar-refractivity contribution in [3.8, 4) is 0 Å². The first-order valence-corrected chi connectivity index (χ1v) is 4.54. The molecule has 0 heterocycles. The minimum atomic E-state index is -0.524. The van der Waals surface area contributed by atoms with E-state index in [4.69, 9.17) is 10.2 Å². The van der Waals surface area contributed by atoms with Crippen LogP contribution in [0.1, 0.15) is 26.7 Å². The van der Waals surface area contributed by atoms with Gasteiger partial charge in [-0.1, -0.05) is 13.8 Å². The summed E-state index contributed by atoms with van der Waals surface area (Å²) < 4.78 is 0. The second kappa shape index (κ2) is 5.94. The summed E-state index contributed by atoms with van der Waals surface area (Å²) in [5, 5.41) is 19.9. The van der Waals surface area contributed by atoms with Crippen LogP contribution in [0, 0.1) is 5.41 Å². The van der Waals surface area contributed by atoms with Crippen LogP contribution < -0.4 is 5.32 Å². The maximum absolute atomic E-state index is 11.4. The molecule has 0 bridgehead atoms. The van der Waals surface area contributed by atoms with Gasteiger partial charge in [-0.05, 0) is 12.8 Å². The molecule has 13 heavy (non-hydrogen) atoms. The van der Waals surface area contributed by atoms with E-state index in [0.29, 0.717) is 19.4 Å². The molecule has 0 rings (SSSR count). The monoisotopic (exact) mass is 189 g/mol. The zero-order chi connectivity index (χ0) is 10.3. The molecule has 0 radical (unpaired) electrons. The van der Waals surface area contributed by atoms with Crippen LogP contribution in [0.4, 0.5) is 0 Å². The normalized spacial score (nSPS) is 11.4. The summed E-state index contributed by atoms with van der Waals surface area (Å²) in [6.45, 7) is 4.17. The largest absolute Gasteiger partial charge is 0.396 e. The molecule has 0 unspecified atom stereocenters. The van der Waals surface area contributed by atoms with Gasteiger partial charge in [-0.25, -0.2) is 0 Å². The molecule has 3 N–H and O–H groups in total. The Balaban J connectivity index is 3.80. The van der Waals surface area contributed by atoms with Crippen molar-refractivity contribution in [2.24, 2.45) is 5.41 Å². The third kappa shape index (κ3) is 4.85. The van der Waals surface area contributed by atoms with Gasteiger partial charge in [-0.2, -0.15) is 0 Å². The molecule has 78 valence electrons. The van der Waals surface area contributed by atoms with Crippen molar-refractivity contribution in [3.05, 3.63) is 0 Å². The van der Waals surface area contributed by atoms with Gasteiger partial charge in [0.1, 0.15) is 0 Å². The number of hydrogen-bond donors (Lipinski definition) is 3. The molecule has 0 aliphatic carbocycles. The average Bonchev–Trinajstić information content (AvgIpc) is 2.04. The van der Waals surface area contributed by atoms with Crippen molar-refractivity contribution in [1.82, 2.24) is 5.32 Å². The summed E-state index contributed by atoms with van der Waals surface area (Å²) in [6, 6.07) is 0. The summed E-state index contributed by atoms with van der Waals surface area (Å²) in [7, 11) is 0. The summed E-state index contributed by atoms with van der Waals surface area (Å²) in [4.78, 5) is 11.4. The minimum Gasteiger partial charge on any atom is -0.396 e. The summed E-state index contributed by atoms with van der Waals surface area (Å²) in [5.74, 6) is -0.0741. The second-order valence-electron chi connectivity index (χ2n) is 3.69. The van der Waals surface area contributed by atoms with Crippen LogP contribution >= 0.6 is 0 Å². The molecule has 0 aliphatic heterocycles. The number of rotatable bonds is 6. The Morgan fingerprint density at radius 3 is 2.38 bits per heavy atom. The Labute approximate surface area is 79.0 Å². The van der Waals surface area contributed by atoms with Crippen LogP contribution in [0.25, 0.3) is 0 Å². The number of aliphatic hydroxyl groups is 2. The van der Waals surface area contributed by atoms with Gasteiger partial charge in [0.15, 0.2) is 0 Å². The molecule has 0 saturated heterocycles. The smallest absolute Gasteiger partial charge is 0.225 e. The number of nitrogens with one attached hydrogen (secondary N) is 1. The quantitative estimate of drug-likeness (QED) is 0.511. The third-order valence-electron chi connectivity index (χ3n) is 1.97. The van der Waals surface area contributed by atoms with Gasteiger partial charge >= 0.3 is 0 Å². The van der Waals surface area contributed by atoms with Crippen molar-refractivity contribution in [2.45, 2.75) is 26.7 Å². The van der Waals surface area contributed by atoms with Crippen molar-refractivity contribution in [1.29, 1.82) is 0 Å². The van der Waals surface area contributed by atoms with Crippen molar-refractivity contribution in [3.63, 3.8) is 0 Å². The molecule has 4 heteroatoms. The zero-order valence-corrected chi connectivity index (χ0v) is 8.34. The van der Waals surface area contributed by atoms with E-state index in [1.165, 1.54) is 0 Å². The van der Waals surface area contributed by atoms with Crippen molar-refractivity contribution in [2.75, 3.05) is 19.8 Å². The number of hydrogen-bond acceptors (Lipinski definition) is 3. The standard InChI is InChI=1S/C9H19NO3/c1-9(2,4-7-12)8(13)10-5-3-6-11/h11-12H,3-7H2,1-2H3,(H,10,13). The summed E-state index contributed by atoms with van der Waals surface area (Å²) in [6.07, 6.45) is 1.03. The van der Waals surface area contributed by atoms with Gasteiger partial charge < -0.3 is 15.5 Å². The molecule has 4 nitrogen and oxygen atoms in total. The lowest BCUT2D eigenvalue weighted by Gasteiger charge is -2.22.